The molecule has 0 aliphatic heterocycles. The molecule has 0 unspecified atom stereocenters. The van der Waals surface area contributed by atoms with Gasteiger partial charge in [-0.15, -0.1) is 0 Å². The fraction of sp³-hybridized carbons (Fsp3) is 0.270. The van der Waals surface area contributed by atoms with Crippen molar-refractivity contribution < 1.29 is 29.1 Å². The van der Waals surface area contributed by atoms with Crippen LogP contribution in [0.5, 0.6) is 0 Å². The number of benzene rings is 5. The summed E-state index contributed by atoms with van der Waals surface area (Å²) in [5.74, 6) is -2.73. The minimum absolute atomic E-state index is 0.128. The van der Waals surface area contributed by atoms with E-state index in [9.17, 15) is 24.5 Å². The van der Waals surface area contributed by atoms with Gasteiger partial charge in [0, 0.05) is 74.9 Å². The predicted molar refractivity (Wildman–Crippen MR) is 277 cm³/mol. The van der Waals surface area contributed by atoms with Crippen LogP contribution in [0.2, 0.25) is 0 Å². The van der Waals surface area contributed by atoms with Crippen molar-refractivity contribution in [2.75, 3.05) is 0 Å². The lowest BCUT2D eigenvalue weighted by Gasteiger charge is -2.18. The molecule has 0 radical (unpaired) electrons. The van der Waals surface area contributed by atoms with Gasteiger partial charge >= 0.3 is 0 Å². The molecule has 0 N–H and O–H groups in total. The Kier molecular flexibility index (Phi) is 7.95. The minimum atomic E-state index is -3.28. The second kappa shape index (κ2) is 19.6. The number of hydrogen-bond donors (Lipinski definition) is 0. The molecule has 0 amide bonds. The highest BCUT2D eigenvalue weighted by molar-refractivity contribution is 6.10. The summed E-state index contributed by atoms with van der Waals surface area (Å²) in [5, 5.41) is 10.5. The van der Waals surface area contributed by atoms with Crippen LogP contribution in [0, 0.1) is 18.2 Å². The lowest BCUT2D eigenvalue weighted by atomic mass is 9.88. The number of rotatable bonds is 14. The van der Waals surface area contributed by atoms with Crippen molar-refractivity contribution in [2.45, 2.75) is 108 Å². The van der Waals surface area contributed by atoms with E-state index >= 15 is 0 Å². The third-order valence-corrected chi connectivity index (χ3v) is 12.8. The number of nitriles is 1. The molecule has 5 heteroatoms. The molecule has 4 heterocycles. The normalized spacial score (nSPS) is 20.6. The summed E-state index contributed by atoms with van der Waals surface area (Å²) in [6, 6.07) is 34.5. The van der Waals surface area contributed by atoms with Crippen molar-refractivity contribution in [3.05, 3.63) is 208 Å². The van der Waals surface area contributed by atoms with Gasteiger partial charge in [0.1, 0.15) is 11.2 Å². The van der Waals surface area contributed by atoms with Crippen molar-refractivity contribution in [3.63, 3.8) is 0 Å². The number of furan rings is 1. The van der Waals surface area contributed by atoms with E-state index in [4.69, 9.17) is 9.90 Å². The van der Waals surface area contributed by atoms with Crippen molar-refractivity contribution in [2.24, 2.45) is 0 Å². The highest BCUT2D eigenvalue weighted by atomic mass is 16.3. The number of nitrogens with zero attached hydrogens (tertiary/aromatic N) is 4. The number of para-hydroxylation sites is 1. The van der Waals surface area contributed by atoms with Crippen LogP contribution in [0.15, 0.2) is 156 Å². The zero-order chi connectivity index (χ0) is 61.8. The monoisotopic (exact) mass is 905 g/mol. The van der Waals surface area contributed by atoms with Gasteiger partial charge in [0.15, 0.2) is 0 Å². The summed E-state index contributed by atoms with van der Waals surface area (Å²) >= 11 is 0. The molecule has 5 nitrogen and oxygen atoms in total. The maximum Gasteiger partial charge on any atom is 0.144 e. The molecule has 68 heavy (non-hydrogen) atoms. The van der Waals surface area contributed by atoms with Gasteiger partial charge in [-0.05, 0) is 163 Å². The minimum Gasteiger partial charge on any atom is -0.455 e. The van der Waals surface area contributed by atoms with E-state index in [-0.39, 0.29) is 61.7 Å². The Hall–Kier alpha value is -7.16. The molecular weight excluding hydrogens is 829 g/mol. The second-order valence-corrected chi connectivity index (χ2v) is 17.2. The van der Waals surface area contributed by atoms with E-state index in [1.54, 1.807) is 54.6 Å². The highest BCUT2D eigenvalue weighted by Crippen LogP contribution is 2.40. The number of aryl methyl sites for hydroxylation is 7. The third-order valence-electron chi connectivity index (χ3n) is 12.8. The SMILES string of the molecule is [2H]c1cc2c(oc3c(-c4ccc(C([2H])([2H])C([2H])([2H])c5cc(C([2H])([2H])C([2H])([2H])c6cnc(-c7ccccc7)cc6C6([2H])CCCC6)cc(C([2H])([2H])C([2H])([2H])c6cnc(-c7ccccc7)cc6C6([2H])CCCC6)c5)cn4)cccc32)c(C([2H])([2H])[2H])c1C#N. The smallest absolute Gasteiger partial charge is 0.144 e. The molecular formula is C63H58N4O. The zero-order valence-corrected chi connectivity index (χ0v) is 37.2. The zero-order valence-electron chi connectivity index (χ0n) is 55.2. The van der Waals surface area contributed by atoms with Gasteiger partial charge in [-0.25, -0.2) is 0 Å². The maximum absolute atomic E-state index is 9.91. The van der Waals surface area contributed by atoms with Crippen LogP contribution in [0.3, 0.4) is 0 Å². The Morgan fingerprint density at radius 1 is 0.574 bits per heavy atom. The van der Waals surface area contributed by atoms with Crippen LogP contribution in [0.1, 0.15) is 143 Å². The Labute approximate surface area is 426 Å². The second-order valence-electron chi connectivity index (χ2n) is 17.2. The van der Waals surface area contributed by atoms with Crippen LogP contribution in [-0.2, 0) is 38.2 Å². The Bertz CT molecular complexity index is 3980. The van der Waals surface area contributed by atoms with E-state index in [0.29, 0.717) is 84.8 Å². The highest BCUT2D eigenvalue weighted by Gasteiger charge is 2.23. The van der Waals surface area contributed by atoms with Crippen LogP contribution in [0.4, 0.5) is 0 Å². The summed E-state index contributed by atoms with van der Waals surface area (Å²) in [7, 11) is 0. The van der Waals surface area contributed by atoms with Gasteiger partial charge in [-0.2, -0.15) is 5.26 Å². The van der Waals surface area contributed by atoms with Crippen molar-refractivity contribution in [1.82, 2.24) is 15.0 Å². The van der Waals surface area contributed by atoms with Crippen LogP contribution < -0.4 is 0 Å². The predicted octanol–water partition coefficient (Wildman–Crippen LogP) is 15.6. The molecule has 2 saturated carbocycles. The van der Waals surface area contributed by atoms with Gasteiger partial charge in [0.25, 0.3) is 0 Å². The Morgan fingerprint density at radius 3 is 1.63 bits per heavy atom. The average molecular weight is 905 g/mol. The first kappa shape index (κ1) is 27.6. The maximum atomic E-state index is 9.91. The lowest BCUT2D eigenvalue weighted by Crippen LogP contribution is -2.05. The van der Waals surface area contributed by atoms with Crippen LogP contribution in [-0.4, -0.2) is 15.0 Å². The van der Waals surface area contributed by atoms with Gasteiger partial charge in [0.05, 0.1) is 30.1 Å². The van der Waals surface area contributed by atoms with Crippen LogP contribution >= 0.6 is 0 Å². The first-order valence-corrected chi connectivity index (χ1v) is 23.0. The van der Waals surface area contributed by atoms with E-state index in [1.165, 1.54) is 30.6 Å². The molecule has 2 aliphatic carbocycles. The van der Waals surface area contributed by atoms with E-state index in [0.717, 1.165) is 24.4 Å². The van der Waals surface area contributed by atoms with Gasteiger partial charge in [0.2, 0.25) is 0 Å². The number of pyridine rings is 3. The van der Waals surface area contributed by atoms with Gasteiger partial charge < -0.3 is 4.42 Å². The molecule has 0 atom stereocenters. The molecule has 336 valence electrons. The molecule has 2 aliphatic rings. The molecule has 0 spiro atoms. The molecule has 5 aromatic carbocycles. The lowest BCUT2D eigenvalue weighted by molar-refractivity contribution is 0.666. The first-order chi connectivity index (χ1) is 40.4. The standard InChI is InChI=1S/C63H58N4O/c1-42-51(38-64)30-31-55-54-21-12-22-56(63(54)68-62(42)55)59-32-27-43(39-65-59)23-24-44-33-45(25-28-52-40-66-60(49-17-4-2-5-18-49)36-57(52)47-13-8-9-14-47)35-46(34-44)26-29-53-41-67-61(50-19-6-3-7-20-50)37-58(53)48-15-10-11-16-48/h2-7,12,17-22,27,30-37,39-41,47-48H,8-11,13-16,23-26,28-29H2,1H3/i1D3,23D2,24D2,25D2,26D2,28D2,29D2,30D,47D,48D. The molecule has 0 saturated heterocycles. The van der Waals surface area contributed by atoms with E-state index in [2.05, 4.69) is 15.0 Å². The summed E-state index contributed by atoms with van der Waals surface area (Å²) < 4.78 is 177. The topological polar surface area (TPSA) is 75.6 Å². The quantitative estimate of drug-likeness (QED) is 0.109. The molecule has 4 aromatic heterocycles. The van der Waals surface area contributed by atoms with Gasteiger partial charge in [-0.1, -0.05) is 123 Å². The van der Waals surface area contributed by atoms with E-state index < -0.39 is 79.1 Å². The molecule has 2 fully saturated rings. The van der Waals surface area contributed by atoms with Crippen molar-refractivity contribution in [3.8, 4) is 39.8 Å². The van der Waals surface area contributed by atoms with Gasteiger partial charge in [-0.3, -0.25) is 15.0 Å². The summed E-state index contributed by atoms with van der Waals surface area (Å²) in [6.07, 6.45) is -11.8. The van der Waals surface area contributed by atoms with E-state index in [1.807, 2.05) is 42.5 Å². The summed E-state index contributed by atoms with van der Waals surface area (Å²) in [4.78, 5) is 13.7. The fourth-order valence-corrected chi connectivity index (χ4v) is 9.35. The number of hydrogen-bond acceptors (Lipinski definition) is 5. The fourth-order valence-electron chi connectivity index (χ4n) is 9.35. The molecule has 11 rings (SSSR count). The summed E-state index contributed by atoms with van der Waals surface area (Å²) in [5.41, 5.74) is -0.686. The largest absolute Gasteiger partial charge is 0.455 e. The molecule has 0 bridgehead atoms. The summed E-state index contributed by atoms with van der Waals surface area (Å²) in [6.45, 7) is -2.84. The third kappa shape index (κ3) is 9.13. The van der Waals surface area contributed by atoms with Crippen LogP contribution in [0.25, 0.3) is 55.7 Å². The van der Waals surface area contributed by atoms with Crippen molar-refractivity contribution in [1.29, 1.82) is 5.26 Å². The molecule has 9 aromatic rings. The number of fused-ring (bicyclic) bond motifs is 3. The Balaban J connectivity index is 1.06. The first-order valence-electron chi connectivity index (χ1n) is 32.0. The number of aromatic nitrogens is 3. The van der Waals surface area contributed by atoms with Crippen molar-refractivity contribution >= 4 is 21.9 Å². The average Bonchev–Trinajstić information content (AvgIpc) is 1.09. The Morgan fingerprint density at radius 2 is 1.10 bits per heavy atom.